The quantitative estimate of drug-likeness (QED) is 0.578. The third kappa shape index (κ3) is 1.69. The standard InChI is InChI=1S/C6H9F3N2O2/c7-6(8,9)5(13)1-2-11(3-5)4(10)12/h13H,1-3H2,(H2,10,12). The van der Waals surface area contributed by atoms with Crippen LogP contribution in [-0.4, -0.2) is 40.9 Å². The van der Waals surface area contributed by atoms with Gasteiger partial charge in [0, 0.05) is 13.0 Å². The molecular formula is C6H9F3N2O2. The van der Waals surface area contributed by atoms with E-state index in [1.165, 1.54) is 0 Å². The minimum atomic E-state index is -4.71. The second kappa shape index (κ2) is 2.76. The molecule has 0 saturated carbocycles. The van der Waals surface area contributed by atoms with Crippen molar-refractivity contribution in [3.8, 4) is 0 Å². The van der Waals surface area contributed by atoms with Gasteiger partial charge in [-0.25, -0.2) is 4.79 Å². The summed E-state index contributed by atoms with van der Waals surface area (Å²) in [6.07, 6.45) is -5.23. The lowest BCUT2D eigenvalue weighted by molar-refractivity contribution is -0.253. The molecular weight excluding hydrogens is 189 g/mol. The minimum absolute atomic E-state index is 0.161. The van der Waals surface area contributed by atoms with Crippen molar-refractivity contribution in [1.82, 2.24) is 4.90 Å². The monoisotopic (exact) mass is 198 g/mol. The number of primary amides is 1. The highest BCUT2D eigenvalue weighted by atomic mass is 19.4. The minimum Gasteiger partial charge on any atom is -0.379 e. The molecule has 1 atom stereocenters. The number of aliphatic hydroxyl groups is 1. The zero-order valence-corrected chi connectivity index (χ0v) is 6.64. The molecule has 7 heteroatoms. The van der Waals surface area contributed by atoms with E-state index in [1.54, 1.807) is 0 Å². The zero-order valence-electron chi connectivity index (χ0n) is 6.64. The highest BCUT2D eigenvalue weighted by molar-refractivity contribution is 5.72. The summed E-state index contributed by atoms with van der Waals surface area (Å²) >= 11 is 0. The summed E-state index contributed by atoms with van der Waals surface area (Å²) in [5, 5.41) is 9.07. The van der Waals surface area contributed by atoms with Crippen LogP contribution in [0.4, 0.5) is 18.0 Å². The number of halogens is 3. The molecule has 1 fully saturated rings. The van der Waals surface area contributed by atoms with Gasteiger partial charge in [0.2, 0.25) is 0 Å². The SMILES string of the molecule is NC(=O)N1CCC(O)(C(F)(F)F)C1. The molecule has 1 rings (SSSR count). The summed E-state index contributed by atoms with van der Waals surface area (Å²) < 4.78 is 36.5. The Morgan fingerprint density at radius 1 is 1.54 bits per heavy atom. The molecule has 2 amide bonds. The maximum atomic E-state index is 12.2. The number of hydrogen-bond acceptors (Lipinski definition) is 2. The summed E-state index contributed by atoms with van der Waals surface area (Å²) in [4.78, 5) is 11.3. The summed E-state index contributed by atoms with van der Waals surface area (Å²) in [5.74, 6) is 0. The molecule has 0 radical (unpaired) electrons. The maximum absolute atomic E-state index is 12.2. The largest absolute Gasteiger partial charge is 0.419 e. The molecule has 0 aromatic rings. The molecule has 3 N–H and O–H groups in total. The lowest BCUT2D eigenvalue weighted by atomic mass is 10.0. The van der Waals surface area contributed by atoms with Crippen molar-refractivity contribution in [2.24, 2.45) is 5.73 Å². The van der Waals surface area contributed by atoms with Crippen LogP contribution < -0.4 is 5.73 Å². The third-order valence-corrected chi connectivity index (χ3v) is 2.09. The number of likely N-dealkylation sites (tertiary alicyclic amines) is 1. The lowest BCUT2D eigenvalue weighted by Crippen LogP contribution is -2.48. The van der Waals surface area contributed by atoms with Crippen LogP contribution in [-0.2, 0) is 0 Å². The first-order valence-corrected chi connectivity index (χ1v) is 3.60. The van der Waals surface area contributed by atoms with Gasteiger partial charge < -0.3 is 15.7 Å². The highest BCUT2D eigenvalue weighted by Crippen LogP contribution is 2.37. The molecule has 1 aliphatic heterocycles. The van der Waals surface area contributed by atoms with Gasteiger partial charge in [0.1, 0.15) is 0 Å². The molecule has 0 aliphatic carbocycles. The predicted molar refractivity (Wildman–Crippen MR) is 36.8 cm³/mol. The average Bonchev–Trinajstić information content (AvgIpc) is 2.31. The van der Waals surface area contributed by atoms with Crippen LogP contribution in [0.25, 0.3) is 0 Å². The topological polar surface area (TPSA) is 66.6 Å². The van der Waals surface area contributed by atoms with E-state index in [0.29, 0.717) is 0 Å². The molecule has 1 aliphatic rings. The molecule has 13 heavy (non-hydrogen) atoms. The zero-order chi connectivity index (χ0) is 10.3. The fourth-order valence-corrected chi connectivity index (χ4v) is 1.21. The van der Waals surface area contributed by atoms with Crippen molar-refractivity contribution in [1.29, 1.82) is 0 Å². The molecule has 0 aromatic heterocycles. The number of amides is 2. The van der Waals surface area contributed by atoms with Crippen LogP contribution in [0.1, 0.15) is 6.42 Å². The first-order chi connectivity index (χ1) is 5.76. The van der Waals surface area contributed by atoms with Crippen LogP contribution in [0.2, 0.25) is 0 Å². The first-order valence-electron chi connectivity index (χ1n) is 3.60. The van der Waals surface area contributed by atoms with Crippen molar-refractivity contribution < 1.29 is 23.1 Å². The molecule has 0 bridgehead atoms. The van der Waals surface area contributed by atoms with E-state index in [-0.39, 0.29) is 6.54 Å². The normalized spacial score (nSPS) is 29.4. The van der Waals surface area contributed by atoms with Crippen LogP contribution in [0, 0.1) is 0 Å². The molecule has 0 spiro atoms. The van der Waals surface area contributed by atoms with Crippen molar-refractivity contribution in [2.45, 2.75) is 18.2 Å². The number of β-amino-alcohol motifs (C(OH)–C–C–N with tert-alkyl or cyclic N) is 1. The molecule has 1 heterocycles. The maximum Gasteiger partial charge on any atom is 0.419 e. The number of nitrogens with two attached hydrogens (primary N) is 1. The number of carbonyl (C=O) groups excluding carboxylic acids is 1. The number of nitrogens with zero attached hydrogens (tertiary/aromatic N) is 1. The Hall–Kier alpha value is -0.980. The fourth-order valence-electron chi connectivity index (χ4n) is 1.21. The van der Waals surface area contributed by atoms with Gasteiger partial charge in [0.25, 0.3) is 0 Å². The molecule has 1 saturated heterocycles. The van der Waals surface area contributed by atoms with E-state index < -0.39 is 30.8 Å². The van der Waals surface area contributed by atoms with E-state index in [9.17, 15) is 18.0 Å². The van der Waals surface area contributed by atoms with Crippen LogP contribution in [0.5, 0.6) is 0 Å². The number of alkyl halides is 3. The predicted octanol–water partition coefficient (Wildman–Crippen LogP) is 0.0642. The van der Waals surface area contributed by atoms with Gasteiger partial charge >= 0.3 is 12.2 Å². The van der Waals surface area contributed by atoms with Gasteiger partial charge in [-0.3, -0.25) is 0 Å². The van der Waals surface area contributed by atoms with Gasteiger partial charge in [-0.2, -0.15) is 13.2 Å². The summed E-state index contributed by atoms with van der Waals surface area (Å²) in [7, 11) is 0. The Balaban J connectivity index is 2.72. The third-order valence-electron chi connectivity index (χ3n) is 2.09. The Morgan fingerprint density at radius 3 is 2.31 bits per heavy atom. The van der Waals surface area contributed by atoms with E-state index >= 15 is 0 Å². The van der Waals surface area contributed by atoms with E-state index in [0.717, 1.165) is 4.90 Å². The summed E-state index contributed by atoms with van der Waals surface area (Å²) in [6.45, 7) is -0.933. The smallest absolute Gasteiger partial charge is 0.379 e. The Bertz CT molecular complexity index is 230. The van der Waals surface area contributed by atoms with Gasteiger partial charge in [-0.1, -0.05) is 0 Å². The summed E-state index contributed by atoms with van der Waals surface area (Å²) in [5.41, 5.74) is 1.98. The Morgan fingerprint density at radius 2 is 2.08 bits per heavy atom. The molecule has 0 aromatic carbocycles. The number of urea groups is 1. The van der Waals surface area contributed by atoms with Gasteiger partial charge in [0.05, 0.1) is 6.54 Å². The van der Waals surface area contributed by atoms with Crippen molar-refractivity contribution in [2.75, 3.05) is 13.1 Å². The van der Waals surface area contributed by atoms with Gasteiger partial charge in [-0.05, 0) is 0 Å². The van der Waals surface area contributed by atoms with Crippen LogP contribution in [0.3, 0.4) is 0 Å². The van der Waals surface area contributed by atoms with Crippen LogP contribution >= 0.6 is 0 Å². The Labute approximate surface area is 72.1 Å². The molecule has 76 valence electrons. The highest BCUT2D eigenvalue weighted by Gasteiger charge is 2.57. The fraction of sp³-hybridized carbons (Fsp3) is 0.833. The number of hydrogen-bond donors (Lipinski definition) is 2. The molecule has 1 unspecified atom stereocenters. The van der Waals surface area contributed by atoms with Crippen molar-refractivity contribution >= 4 is 6.03 Å². The van der Waals surface area contributed by atoms with Gasteiger partial charge in [-0.15, -0.1) is 0 Å². The van der Waals surface area contributed by atoms with E-state index in [1.807, 2.05) is 0 Å². The van der Waals surface area contributed by atoms with E-state index in [4.69, 9.17) is 10.8 Å². The first kappa shape index (κ1) is 10.1. The van der Waals surface area contributed by atoms with Crippen molar-refractivity contribution in [3.63, 3.8) is 0 Å². The second-order valence-corrected chi connectivity index (χ2v) is 3.04. The lowest BCUT2D eigenvalue weighted by Gasteiger charge is -2.25. The second-order valence-electron chi connectivity index (χ2n) is 3.04. The number of carbonyl (C=O) groups is 1. The van der Waals surface area contributed by atoms with Gasteiger partial charge in [0.15, 0.2) is 5.60 Å². The van der Waals surface area contributed by atoms with Crippen LogP contribution in [0.15, 0.2) is 0 Å². The average molecular weight is 198 g/mol. The molecule has 4 nitrogen and oxygen atoms in total. The van der Waals surface area contributed by atoms with E-state index in [2.05, 4.69) is 0 Å². The number of rotatable bonds is 0. The summed E-state index contributed by atoms with van der Waals surface area (Å²) in [6, 6.07) is -0.944. The van der Waals surface area contributed by atoms with Crippen molar-refractivity contribution in [3.05, 3.63) is 0 Å². The Kier molecular flexibility index (Phi) is 2.15.